The van der Waals surface area contributed by atoms with Gasteiger partial charge in [-0.1, -0.05) is 60.7 Å². The first kappa shape index (κ1) is 17.5. The minimum absolute atomic E-state index is 0.925. The maximum absolute atomic E-state index is 5.74. The molecule has 0 saturated heterocycles. The predicted octanol–water partition coefficient (Wildman–Crippen LogP) is 8.70. The van der Waals surface area contributed by atoms with Gasteiger partial charge in [0, 0.05) is 21.5 Å². The molecule has 136 valence electrons. The highest BCUT2D eigenvalue weighted by molar-refractivity contribution is 9.11. The molecule has 0 aliphatic heterocycles. The molecule has 0 aliphatic carbocycles. The van der Waals surface area contributed by atoms with Crippen molar-refractivity contribution in [2.45, 2.75) is 0 Å². The van der Waals surface area contributed by atoms with E-state index in [2.05, 4.69) is 56.1 Å². The summed E-state index contributed by atoms with van der Waals surface area (Å²) < 4.78 is 13.5. The molecule has 2 aromatic heterocycles. The van der Waals surface area contributed by atoms with E-state index in [1.165, 1.54) is 10.8 Å². The zero-order valence-electron chi connectivity index (χ0n) is 14.7. The highest BCUT2D eigenvalue weighted by Crippen LogP contribution is 2.33. The number of para-hydroxylation sites is 4. The SMILES string of the molecule is Brc1cccc2c1oc1ccccc12.Brc1cccc2c1oc1ccccc12. The van der Waals surface area contributed by atoms with Crippen molar-refractivity contribution in [3.63, 3.8) is 0 Å². The lowest BCUT2D eigenvalue weighted by atomic mass is 10.2. The zero-order chi connectivity index (χ0) is 19.1. The van der Waals surface area contributed by atoms with Gasteiger partial charge in [-0.25, -0.2) is 0 Å². The molecule has 0 fully saturated rings. The topological polar surface area (TPSA) is 26.3 Å². The molecule has 0 saturated carbocycles. The average molecular weight is 494 g/mol. The number of furan rings is 2. The standard InChI is InChI=1S/2C12H7BrO/c2*13-10-6-3-5-9-8-4-1-2-7-11(8)14-12(9)10/h2*1-7H. The van der Waals surface area contributed by atoms with Crippen LogP contribution >= 0.6 is 31.9 Å². The summed E-state index contributed by atoms with van der Waals surface area (Å²) in [5, 5.41) is 4.66. The first-order valence-electron chi connectivity index (χ1n) is 8.84. The Morgan fingerprint density at radius 1 is 0.429 bits per heavy atom. The van der Waals surface area contributed by atoms with Crippen molar-refractivity contribution in [2.75, 3.05) is 0 Å². The van der Waals surface area contributed by atoms with E-state index in [1.54, 1.807) is 0 Å². The predicted molar refractivity (Wildman–Crippen MR) is 123 cm³/mol. The van der Waals surface area contributed by atoms with E-state index in [0.29, 0.717) is 0 Å². The van der Waals surface area contributed by atoms with E-state index < -0.39 is 0 Å². The average Bonchev–Trinajstić information content (AvgIpc) is 3.29. The van der Waals surface area contributed by atoms with Crippen molar-refractivity contribution in [1.82, 2.24) is 0 Å². The molecule has 0 aliphatic rings. The minimum atomic E-state index is 0.925. The second-order valence-corrected chi connectivity index (χ2v) is 8.14. The van der Waals surface area contributed by atoms with Crippen LogP contribution in [0.3, 0.4) is 0 Å². The fraction of sp³-hybridized carbons (Fsp3) is 0. The Kier molecular flexibility index (Phi) is 4.46. The summed E-state index contributed by atoms with van der Waals surface area (Å²) in [5.74, 6) is 0. The maximum Gasteiger partial charge on any atom is 0.149 e. The van der Waals surface area contributed by atoms with Gasteiger partial charge in [-0.3, -0.25) is 0 Å². The molecular formula is C24H14Br2O2. The van der Waals surface area contributed by atoms with Crippen LogP contribution in [0.5, 0.6) is 0 Å². The first-order chi connectivity index (χ1) is 13.7. The van der Waals surface area contributed by atoms with Crippen LogP contribution in [0, 0.1) is 0 Å². The Labute approximate surface area is 178 Å². The van der Waals surface area contributed by atoms with Crippen molar-refractivity contribution in [2.24, 2.45) is 0 Å². The molecule has 6 aromatic rings. The van der Waals surface area contributed by atoms with Gasteiger partial charge in [0.25, 0.3) is 0 Å². The summed E-state index contributed by atoms with van der Waals surface area (Å²) in [4.78, 5) is 0. The second kappa shape index (κ2) is 7.12. The van der Waals surface area contributed by atoms with E-state index in [1.807, 2.05) is 60.7 Å². The maximum atomic E-state index is 5.74. The third-order valence-corrected chi connectivity index (χ3v) is 5.96. The number of benzene rings is 4. The summed E-state index contributed by atoms with van der Waals surface area (Å²) >= 11 is 6.96. The minimum Gasteiger partial charge on any atom is -0.455 e. The molecule has 0 spiro atoms. The molecular weight excluding hydrogens is 480 g/mol. The molecule has 0 radical (unpaired) electrons. The fourth-order valence-corrected chi connectivity index (χ4v) is 4.32. The van der Waals surface area contributed by atoms with Crippen LogP contribution in [-0.4, -0.2) is 0 Å². The smallest absolute Gasteiger partial charge is 0.149 e. The van der Waals surface area contributed by atoms with Crippen LogP contribution in [-0.2, 0) is 0 Å². The molecule has 2 heterocycles. The van der Waals surface area contributed by atoms with Gasteiger partial charge >= 0.3 is 0 Å². The molecule has 4 aromatic carbocycles. The van der Waals surface area contributed by atoms with Crippen molar-refractivity contribution >= 4 is 75.7 Å². The fourth-order valence-electron chi connectivity index (χ4n) is 3.43. The third-order valence-electron chi connectivity index (χ3n) is 4.71. The molecule has 0 atom stereocenters. The van der Waals surface area contributed by atoms with Crippen molar-refractivity contribution in [3.05, 3.63) is 93.9 Å². The van der Waals surface area contributed by atoms with Gasteiger partial charge < -0.3 is 8.83 Å². The van der Waals surface area contributed by atoms with E-state index in [0.717, 1.165) is 42.0 Å². The molecule has 2 nitrogen and oxygen atoms in total. The normalized spacial score (nSPS) is 11.2. The van der Waals surface area contributed by atoms with Gasteiger partial charge in [0.05, 0.1) is 8.95 Å². The monoisotopic (exact) mass is 492 g/mol. The van der Waals surface area contributed by atoms with Crippen LogP contribution in [0.15, 0.2) is 103 Å². The molecule has 0 N–H and O–H groups in total. The highest BCUT2D eigenvalue weighted by Gasteiger charge is 2.08. The number of hydrogen-bond donors (Lipinski definition) is 0. The quantitative estimate of drug-likeness (QED) is 0.211. The molecule has 28 heavy (non-hydrogen) atoms. The first-order valence-corrected chi connectivity index (χ1v) is 10.4. The van der Waals surface area contributed by atoms with E-state index in [4.69, 9.17) is 8.83 Å². The van der Waals surface area contributed by atoms with Gasteiger partial charge in [-0.05, 0) is 56.1 Å². The number of halogens is 2. The summed E-state index contributed by atoms with van der Waals surface area (Å²) in [7, 11) is 0. The lowest BCUT2D eigenvalue weighted by Crippen LogP contribution is -1.66. The van der Waals surface area contributed by atoms with Crippen LogP contribution in [0.25, 0.3) is 43.9 Å². The summed E-state index contributed by atoms with van der Waals surface area (Å²) in [5.41, 5.74) is 3.73. The second-order valence-electron chi connectivity index (χ2n) is 6.43. The molecule has 0 unspecified atom stereocenters. The van der Waals surface area contributed by atoms with Gasteiger partial charge in [0.2, 0.25) is 0 Å². The van der Waals surface area contributed by atoms with E-state index >= 15 is 0 Å². The lowest BCUT2D eigenvalue weighted by Gasteiger charge is -1.89. The van der Waals surface area contributed by atoms with Crippen LogP contribution in [0.4, 0.5) is 0 Å². The van der Waals surface area contributed by atoms with Gasteiger partial charge in [-0.15, -0.1) is 0 Å². The van der Waals surface area contributed by atoms with Gasteiger partial charge in [0.1, 0.15) is 22.3 Å². The van der Waals surface area contributed by atoms with Gasteiger partial charge in [0.15, 0.2) is 0 Å². The van der Waals surface area contributed by atoms with Crippen molar-refractivity contribution in [3.8, 4) is 0 Å². The summed E-state index contributed by atoms with van der Waals surface area (Å²) in [6.07, 6.45) is 0. The highest BCUT2D eigenvalue weighted by atomic mass is 79.9. The Morgan fingerprint density at radius 3 is 1.29 bits per heavy atom. The Hall–Kier alpha value is -2.56. The van der Waals surface area contributed by atoms with Crippen LogP contribution in [0.2, 0.25) is 0 Å². The van der Waals surface area contributed by atoms with E-state index in [-0.39, 0.29) is 0 Å². The largest absolute Gasteiger partial charge is 0.455 e. The third kappa shape index (κ3) is 2.93. The van der Waals surface area contributed by atoms with E-state index in [9.17, 15) is 0 Å². The zero-order valence-corrected chi connectivity index (χ0v) is 17.8. The molecule has 4 heteroatoms. The Balaban J connectivity index is 0.000000122. The Morgan fingerprint density at radius 2 is 0.821 bits per heavy atom. The molecule has 0 amide bonds. The molecule has 0 bridgehead atoms. The van der Waals surface area contributed by atoms with Crippen molar-refractivity contribution in [1.29, 1.82) is 0 Å². The Bertz CT molecular complexity index is 1330. The van der Waals surface area contributed by atoms with Crippen LogP contribution < -0.4 is 0 Å². The lowest BCUT2D eigenvalue weighted by molar-refractivity contribution is 0.666. The van der Waals surface area contributed by atoms with Crippen LogP contribution in [0.1, 0.15) is 0 Å². The summed E-state index contributed by atoms with van der Waals surface area (Å²) in [6.45, 7) is 0. The number of rotatable bonds is 0. The summed E-state index contributed by atoms with van der Waals surface area (Å²) in [6, 6.07) is 28.3. The number of hydrogen-bond acceptors (Lipinski definition) is 2. The van der Waals surface area contributed by atoms with Crippen molar-refractivity contribution < 1.29 is 8.83 Å². The molecule has 6 rings (SSSR count). The number of fused-ring (bicyclic) bond motifs is 6. The van der Waals surface area contributed by atoms with Gasteiger partial charge in [-0.2, -0.15) is 0 Å².